The van der Waals surface area contributed by atoms with Gasteiger partial charge in [-0.1, -0.05) is 41.9 Å². The Morgan fingerprint density at radius 2 is 1.84 bits per heavy atom. The second kappa shape index (κ2) is 9.67. The lowest BCUT2D eigenvalue weighted by Gasteiger charge is -2.07. The molecule has 0 spiro atoms. The smallest absolute Gasteiger partial charge is 0.230 e. The number of nitrogens with one attached hydrogen (secondary N) is 2. The van der Waals surface area contributed by atoms with E-state index in [0.717, 1.165) is 22.6 Å². The molecule has 0 unspecified atom stereocenters. The van der Waals surface area contributed by atoms with E-state index in [1.54, 1.807) is 6.20 Å². The first-order valence-electron chi connectivity index (χ1n) is 9.68. The van der Waals surface area contributed by atoms with E-state index in [0.29, 0.717) is 17.2 Å². The zero-order valence-electron chi connectivity index (χ0n) is 16.7. The van der Waals surface area contributed by atoms with Gasteiger partial charge in [0.2, 0.25) is 5.91 Å². The maximum absolute atomic E-state index is 12.4. The number of rotatable bonds is 7. The predicted molar refractivity (Wildman–Crippen MR) is 126 cm³/mol. The molecule has 2 aromatic carbocycles. The third-order valence-corrected chi connectivity index (χ3v) is 5.73. The molecule has 0 bridgehead atoms. The van der Waals surface area contributed by atoms with Crippen LogP contribution in [0.25, 0.3) is 11.3 Å². The topological polar surface area (TPSA) is 107 Å². The van der Waals surface area contributed by atoms with Gasteiger partial charge in [-0.05, 0) is 29.3 Å². The van der Waals surface area contributed by atoms with Gasteiger partial charge in [0, 0.05) is 34.8 Å². The molecule has 9 heteroatoms. The first-order chi connectivity index (χ1) is 15.5. The highest BCUT2D eigenvalue weighted by atomic mass is 35.5. The molecule has 2 heterocycles. The van der Waals surface area contributed by atoms with Crippen LogP contribution < -0.4 is 10.6 Å². The summed E-state index contributed by atoms with van der Waals surface area (Å²) in [6, 6.07) is 16.3. The molecule has 4 aromatic rings. The highest BCUT2D eigenvalue weighted by Crippen LogP contribution is 2.32. The van der Waals surface area contributed by atoms with Crippen LogP contribution in [0.1, 0.15) is 11.1 Å². The third-order valence-electron chi connectivity index (χ3n) is 4.62. The van der Waals surface area contributed by atoms with Crippen molar-refractivity contribution in [3.05, 3.63) is 82.3 Å². The fraction of sp³-hybridized carbons (Fsp3) is 0.0870. The van der Waals surface area contributed by atoms with Crippen molar-refractivity contribution < 1.29 is 15.0 Å². The monoisotopic (exact) mass is 466 g/mol. The lowest BCUT2D eigenvalue weighted by atomic mass is 10.1. The van der Waals surface area contributed by atoms with E-state index in [4.69, 9.17) is 11.6 Å². The lowest BCUT2D eigenvalue weighted by molar-refractivity contribution is -0.115. The second-order valence-electron chi connectivity index (χ2n) is 6.96. The van der Waals surface area contributed by atoms with Crippen LogP contribution >= 0.6 is 22.9 Å². The molecule has 162 valence electrons. The minimum absolute atomic E-state index is 0.0651. The van der Waals surface area contributed by atoms with Gasteiger partial charge in [-0.3, -0.25) is 4.79 Å². The molecule has 2 aromatic heterocycles. The van der Waals surface area contributed by atoms with Crippen LogP contribution in [0.5, 0.6) is 11.5 Å². The summed E-state index contributed by atoms with van der Waals surface area (Å²) in [6.07, 6.45) is 1.64. The zero-order chi connectivity index (χ0) is 22.5. The van der Waals surface area contributed by atoms with Crippen LogP contribution in [0.3, 0.4) is 0 Å². The van der Waals surface area contributed by atoms with Gasteiger partial charge in [0.1, 0.15) is 5.82 Å². The second-order valence-corrected chi connectivity index (χ2v) is 8.23. The molecule has 4 N–H and O–H groups in total. The highest BCUT2D eigenvalue weighted by Gasteiger charge is 2.13. The van der Waals surface area contributed by atoms with Crippen molar-refractivity contribution in [3.63, 3.8) is 0 Å². The lowest BCUT2D eigenvalue weighted by Crippen LogP contribution is -2.14. The van der Waals surface area contributed by atoms with E-state index in [1.165, 1.54) is 23.5 Å². The summed E-state index contributed by atoms with van der Waals surface area (Å²) in [5, 5.41) is 27.6. The SMILES string of the molecule is O=C(Cc1cc(O)c(O)cc1Cl)Nc1nc(-c2ccnc(NCc3ccccc3)c2)cs1. The summed E-state index contributed by atoms with van der Waals surface area (Å²) in [7, 11) is 0. The fourth-order valence-electron chi connectivity index (χ4n) is 3.01. The van der Waals surface area contributed by atoms with Crippen LogP contribution in [-0.4, -0.2) is 26.1 Å². The van der Waals surface area contributed by atoms with Crippen LogP contribution in [0.4, 0.5) is 10.9 Å². The number of benzene rings is 2. The van der Waals surface area contributed by atoms with E-state index in [1.807, 2.05) is 47.8 Å². The molecule has 0 aliphatic heterocycles. The molecule has 32 heavy (non-hydrogen) atoms. The quantitative estimate of drug-likeness (QED) is 0.283. The molecule has 0 atom stereocenters. The third kappa shape index (κ3) is 5.35. The van der Waals surface area contributed by atoms with Gasteiger partial charge in [0.25, 0.3) is 0 Å². The average molecular weight is 467 g/mol. The number of aromatic hydroxyl groups is 2. The first-order valence-corrected chi connectivity index (χ1v) is 10.9. The normalized spacial score (nSPS) is 10.7. The van der Waals surface area contributed by atoms with E-state index in [9.17, 15) is 15.0 Å². The molecular weight excluding hydrogens is 448 g/mol. The van der Waals surface area contributed by atoms with Gasteiger partial charge in [-0.25, -0.2) is 9.97 Å². The number of aromatic nitrogens is 2. The van der Waals surface area contributed by atoms with Gasteiger partial charge in [-0.15, -0.1) is 11.3 Å². The average Bonchev–Trinajstić information content (AvgIpc) is 3.25. The van der Waals surface area contributed by atoms with Crippen LogP contribution in [-0.2, 0) is 17.8 Å². The number of anilines is 2. The Balaban J connectivity index is 1.40. The highest BCUT2D eigenvalue weighted by molar-refractivity contribution is 7.14. The Morgan fingerprint density at radius 1 is 1.06 bits per heavy atom. The maximum Gasteiger partial charge on any atom is 0.230 e. The van der Waals surface area contributed by atoms with Crippen LogP contribution in [0.15, 0.2) is 66.2 Å². The minimum atomic E-state index is -0.335. The summed E-state index contributed by atoms with van der Waals surface area (Å²) in [5.74, 6) is -0.272. The van der Waals surface area contributed by atoms with Crippen molar-refractivity contribution >= 4 is 39.8 Å². The van der Waals surface area contributed by atoms with Gasteiger partial charge in [0.05, 0.1) is 12.1 Å². The molecule has 4 rings (SSSR count). The van der Waals surface area contributed by atoms with E-state index < -0.39 is 0 Å². The molecular formula is C23H19ClN4O3S. The Hall–Kier alpha value is -3.62. The summed E-state index contributed by atoms with van der Waals surface area (Å²) in [6.45, 7) is 0.658. The molecule has 0 fully saturated rings. The standard InChI is InChI=1S/C23H19ClN4O3S/c24-17-11-20(30)19(29)8-16(17)10-22(31)28-23-27-18(13-32-23)15-6-7-25-21(9-15)26-12-14-4-2-1-3-5-14/h1-9,11,13,29-30H,10,12H2,(H,25,26)(H,27,28,31). The zero-order valence-corrected chi connectivity index (χ0v) is 18.3. The number of amides is 1. The van der Waals surface area contributed by atoms with Crippen molar-refractivity contribution in [1.29, 1.82) is 0 Å². The van der Waals surface area contributed by atoms with Crippen molar-refractivity contribution in [1.82, 2.24) is 9.97 Å². The van der Waals surface area contributed by atoms with Gasteiger partial charge < -0.3 is 20.8 Å². The molecule has 0 aliphatic carbocycles. The number of phenols is 2. The molecule has 0 radical (unpaired) electrons. The number of phenolic OH excluding ortho intramolecular Hbond substituents is 2. The first kappa shape index (κ1) is 21.6. The number of pyridine rings is 1. The van der Waals surface area contributed by atoms with Crippen molar-refractivity contribution in [2.75, 3.05) is 10.6 Å². The number of hydrogen-bond donors (Lipinski definition) is 4. The minimum Gasteiger partial charge on any atom is -0.504 e. The van der Waals surface area contributed by atoms with Crippen LogP contribution in [0.2, 0.25) is 5.02 Å². The number of carbonyl (C=O) groups is 1. The molecule has 0 aliphatic rings. The predicted octanol–water partition coefficient (Wildman–Crippen LogP) is 5.06. The van der Waals surface area contributed by atoms with Crippen molar-refractivity contribution in [3.8, 4) is 22.8 Å². The van der Waals surface area contributed by atoms with Gasteiger partial charge in [-0.2, -0.15) is 0 Å². The Bertz CT molecular complexity index is 1250. The van der Waals surface area contributed by atoms with Crippen molar-refractivity contribution in [2.24, 2.45) is 0 Å². The number of nitrogens with zero attached hydrogens (tertiary/aromatic N) is 2. The fourth-order valence-corrected chi connectivity index (χ4v) is 3.97. The Kier molecular flexibility index (Phi) is 6.53. The van der Waals surface area contributed by atoms with Crippen molar-refractivity contribution in [2.45, 2.75) is 13.0 Å². The maximum atomic E-state index is 12.4. The summed E-state index contributed by atoms with van der Waals surface area (Å²) >= 11 is 7.34. The molecule has 1 amide bonds. The summed E-state index contributed by atoms with van der Waals surface area (Å²) in [4.78, 5) is 21.2. The Labute approximate surface area is 193 Å². The summed E-state index contributed by atoms with van der Waals surface area (Å²) in [5.41, 5.74) is 3.15. The van der Waals surface area contributed by atoms with E-state index in [2.05, 4.69) is 20.6 Å². The van der Waals surface area contributed by atoms with Gasteiger partial charge in [0.15, 0.2) is 16.6 Å². The Morgan fingerprint density at radius 3 is 2.66 bits per heavy atom. The van der Waals surface area contributed by atoms with E-state index in [-0.39, 0.29) is 28.8 Å². The molecule has 0 saturated heterocycles. The van der Waals surface area contributed by atoms with Gasteiger partial charge >= 0.3 is 0 Å². The molecule has 0 saturated carbocycles. The van der Waals surface area contributed by atoms with E-state index >= 15 is 0 Å². The number of hydrogen-bond acceptors (Lipinski definition) is 7. The molecule has 7 nitrogen and oxygen atoms in total. The largest absolute Gasteiger partial charge is 0.504 e. The number of thiazole rings is 1. The number of carbonyl (C=O) groups excluding carboxylic acids is 1. The number of halogens is 1. The summed E-state index contributed by atoms with van der Waals surface area (Å²) < 4.78 is 0. The van der Waals surface area contributed by atoms with Crippen LogP contribution in [0, 0.1) is 0 Å².